The van der Waals surface area contributed by atoms with Crippen LogP contribution in [0, 0.1) is 0 Å². The number of aromatic nitrogens is 1. The topological polar surface area (TPSA) is 38.9 Å². The van der Waals surface area contributed by atoms with E-state index in [-0.39, 0.29) is 6.54 Å². The minimum absolute atomic E-state index is 0.0654. The molecular weight excluding hydrogens is 199 g/mol. The van der Waals surface area contributed by atoms with Gasteiger partial charge in [-0.05, 0) is 12.1 Å². The molecule has 1 heterocycles. The number of benzene rings is 1. The van der Waals surface area contributed by atoms with E-state index < -0.39 is 6.17 Å². The highest BCUT2D eigenvalue weighted by atomic mass is 32.1. The second-order valence-electron chi connectivity index (χ2n) is 3.11. The molecule has 2 N–H and O–H groups in total. The van der Waals surface area contributed by atoms with Crippen molar-refractivity contribution in [3.63, 3.8) is 0 Å². The van der Waals surface area contributed by atoms with E-state index in [9.17, 15) is 4.39 Å². The molecule has 0 spiro atoms. The summed E-state index contributed by atoms with van der Waals surface area (Å²) in [4.78, 5) is 4.32. The van der Waals surface area contributed by atoms with Crippen LogP contribution in [0.2, 0.25) is 0 Å². The summed E-state index contributed by atoms with van der Waals surface area (Å²) < 4.78 is 14.1. The Morgan fingerprint density at radius 3 is 2.93 bits per heavy atom. The number of hydrogen-bond acceptors (Lipinski definition) is 3. The standard InChI is InChI=1S/C10H11FN2S/c11-7(6-12)5-10-13-8-3-1-2-4-9(8)14-10/h1-4,7H,5-6,12H2. The fourth-order valence-corrected chi connectivity index (χ4v) is 2.31. The number of fused-ring (bicyclic) bond motifs is 1. The van der Waals surface area contributed by atoms with Crippen molar-refractivity contribution in [1.82, 2.24) is 4.98 Å². The Bertz CT molecular complexity index is 394. The molecule has 4 heteroatoms. The monoisotopic (exact) mass is 210 g/mol. The molecule has 74 valence electrons. The van der Waals surface area contributed by atoms with E-state index in [1.165, 1.54) is 11.3 Å². The summed E-state index contributed by atoms with van der Waals surface area (Å²) in [6, 6.07) is 7.82. The number of thiazole rings is 1. The van der Waals surface area contributed by atoms with Crippen molar-refractivity contribution in [2.75, 3.05) is 6.54 Å². The highest BCUT2D eigenvalue weighted by molar-refractivity contribution is 7.18. The molecule has 2 rings (SSSR count). The number of nitrogens with zero attached hydrogens (tertiary/aromatic N) is 1. The summed E-state index contributed by atoms with van der Waals surface area (Å²) in [7, 11) is 0. The van der Waals surface area contributed by atoms with Crippen LogP contribution < -0.4 is 5.73 Å². The average Bonchev–Trinajstić information content (AvgIpc) is 2.59. The Kier molecular flexibility index (Phi) is 2.74. The summed E-state index contributed by atoms with van der Waals surface area (Å²) in [6.45, 7) is 0.0654. The van der Waals surface area contributed by atoms with Gasteiger partial charge in [-0.2, -0.15) is 0 Å². The third kappa shape index (κ3) is 1.91. The molecule has 0 aliphatic heterocycles. The molecule has 0 amide bonds. The van der Waals surface area contributed by atoms with Crippen molar-refractivity contribution in [3.8, 4) is 0 Å². The first-order chi connectivity index (χ1) is 6.79. The number of alkyl halides is 1. The molecule has 2 aromatic rings. The van der Waals surface area contributed by atoms with Crippen LogP contribution in [0.5, 0.6) is 0 Å². The summed E-state index contributed by atoms with van der Waals surface area (Å²) in [5.41, 5.74) is 6.16. The Morgan fingerprint density at radius 1 is 1.43 bits per heavy atom. The Hall–Kier alpha value is -1.00. The number of nitrogens with two attached hydrogens (primary N) is 1. The van der Waals surface area contributed by atoms with E-state index in [1.807, 2.05) is 24.3 Å². The van der Waals surface area contributed by atoms with Gasteiger partial charge in [-0.15, -0.1) is 11.3 Å². The third-order valence-electron chi connectivity index (χ3n) is 1.99. The molecule has 0 bridgehead atoms. The first-order valence-electron chi connectivity index (χ1n) is 4.48. The van der Waals surface area contributed by atoms with Crippen molar-refractivity contribution in [3.05, 3.63) is 29.3 Å². The van der Waals surface area contributed by atoms with E-state index in [1.54, 1.807) is 0 Å². The molecule has 0 aliphatic rings. The van der Waals surface area contributed by atoms with Crippen molar-refractivity contribution < 1.29 is 4.39 Å². The van der Waals surface area contributed by atoms with Crippen LogP contribution in [0.4, 0.5) is 4.39 Å². The fourth-order valence-electron chi connectivity index (χ4n) is 1.28. The van der Waals surface area contributed by atoms with Gasteiger partial charge in [0.25, 0.3) is 0 Å². The van der Waals surface area contributed by atoms with Crippen LogP contribution in [0.3, 0.4) is 0 Å². The van der Waals surface area contributed by atoms with Crippen LogP contribution in [-0.4, -0.2) is 17.7 Å². The predicted molar refractivity (Wildman–Crippen MR) is 57.3 cm³/mol. The lowest BCUT2D eigenvalue weighted by atomic mass is 10.3. The predicted octanol–water partition coefficient (Wildman–Crippen LogP) is 2.14. The molecule has 0 fully saturated rings. The van der Waals surface area contributed by atoms with Gasteiger partial charge in [0.2, 0.25) is 0 Å². The average molecular weight is 210 g/mol. The maximum atomic E-state index is 13.0. The SMILES string of the molecule is NCC(F)Cc1nc2ccccc2s1. The summed E-state index contributed by atoms with van der Waals surface area (Å²) >= 11 is 1.53. The van der Waals surface area contributed by atoms with E-state index in [4.69, 9.17) is 5.73 Å². The lowest BCUT2D eigenvalue weighted by Gasteiger charge is -1.99. The van der Waals surface area contributed by atoms with Gasteiger partial charge >= 0.3 is 0 Å². The van der Waals surface area contributed by atoms with Crippen molar-refractivity contribution >= 4 is 21.6 Å². The van der Waals surface area contributed by atoms with Crippen LogP contribution >= 0.6 is 11.3 Å². The van der Waals surface area contributed by atoms with Crippen molar-refractivity contribution in [2.24, 2.45) is 5.73 Å². The van der Waals surface area contributed by atoms with Crippen LogP contribution in [-0.2, 0) is 6.42 Å². The molecule has 0 aliphatic carbocycles. The molecule has 1 atom stereocenters. The molecule has 1 aromatic heterocycles. The lowest BCUT2D eigenvalue weighted by molar-refractivity contribution is 0.340. The number of hydrogen-bond donors (Lipinski definition) is 1. The molecule has 1 aromatic carbocycles. The van der Waals surface area contributed by atoms with E-state index in [0.29, 0.717) is 6.42 Å². The van der Waals surface area contributed by atoms with Gasteiger partial charge in [-0.25, -0.2) is 9.37 Å². The number of halogens is 1. The summed E-state index contributed by atoms with van der Waals surface area (Å²) in [6.07, 6.45) is -0.647. The maximum absolute atomic E-state index is 13.0. The van der Waals surface area contributed by atoms with Gasteiger partial charge in [0, 0.05) is 13.0 Å². The summed E-state index contributed by atoms with van der Waals surface area (Å²) in [5.74, 6) is 0. The Labute approximate surface area is 85.6 Å². The first kappa shape index (κ1) is 9.55. The maximum Gasteiger partial charge on any atom is 0.119 e. The molecule has 0 radical (unpaired) electrons. The van der Waals surface area contributed by atoms with E-state index >= 15 is 0 Å². The highest BCUT2D eigenvalue weighted by Gasteiger charge is 2.09. The largest absolute Gasteiger partial charge is 0.328 e. The minimum atomic E-state index is -0.976. The first-order valence-corrected chi connectivity index (χ1v) is 5.30. The van der Waals surface area contributed by atoms with Crippen LogP contribution in [0.1, 0.15) is 5.01 Å². The third-order valence-corrected chi connectivity index (χ3v) is 3.05. The van der Waals surface area contributed by atoms with Gasteiger partial charge in [0.05, 0.1) is 15.2 Å². The van der Waals surface area contributed by atoms with Gasteiger partial charge in [-0.1, -0.05) is 12.1 Å². The van der Waals surface area contributed by atoms with Crippen molar-refractivity contribution in [2.45, 2.75) is 12.6 Å². The van der Waals surface area contributed by atoms with Crippen LogP contribution in [0.25, 0.3) is 10.2 Å². The lowest BCUT2D eigenvalue weighted by Crippen LogP contribution is -2.17. The number of para-hydroxylation sites is 1. The Balaban J connectivity index is 2.27. The highest BCUT2D eigenvalue weighted by Crippen LogP contribution is 2.22. The van der Waals surface area contributed by atoms with Gasteiger partial charge < -0.3 is 5.73 Å². The fraction of sp³-hybridized carbons (Fsp3) is 0.300. The molecule has 2 nitrogen and oxygen atoms in total. The Morgan fingerprint density at radius 2 is 2.21 bits per heavy atom. The molecular formula is C10H11FN2S. The van der Waals surface area contributed by atoms with Crippen molar-refractivity contribution in [1.29, 1.82) is 0 Å². The molecule has 0 saturated heterocycles. The zero-order valence-electron chi connectivity index (χ0n) is 7.61. The second-order valence-corrected chi connectivity index (χ2v) is 4.23. The quantitative estimate of drug-likeness (QED) is 0.843. The smallest absolute Gasteiger partial charge is 0.119 e. The number of rotatable bonds is 3. The van der Waals surface area contributed by atoms with Gasteiger partial charge in [0.15, 0.2) is 0 Å². The second kappa shape index (κ2) is 4.02. The molecule has 1 unspecified atom stereocenters. The van der Waals surface area contributed by atoms with Gasteiger partial charge in [-0.3, -0.25) is 0 Å². The van der Waals surface area contributed by atoms with Gasteiger partial charge in [0.1, 0.15) is 6.17 Å². The molecule has 0 saturated carbocycles. The summed E-state index contributed by atoms with van der Waals surface area (Å²) in [5, 5.41) is 0.823. The van der Waals surface area contributed by atoms with Crippen LogP contribution in [0.15, 0.2) is 24.3 Å². The zero-order chi connectivity index (χ0) is 9.97. The zero-order valence-corrected chi connectivity index (χ0v) is 8.43. The van der Waals surface area contributed by atoms with E-state index in [2.05, 4.69) is 4.98 Å². The normalized spacial score (nSPS) is 13.3. The molecule has 14 heavy (non-hydrogen) atoms. The van der Waals surface area contributed by atoms with E-state index in [0.717, 1.165) is 15.2 Å². The minimum Gasteiger partial charge on any atom is -0.328 e.